The van der Waals surface area contributed by atoms with E-state index in [-0.39, 0.29) is 10.8 Å². The first-order chi connectivity index (χ1) is 11.0. The molecule has 0 atom stereocenters. The molecule has 0 radical (unpaired) electrons. The fraction of sp³-hybridized carbons (Fsp3) is 0.500. The molecule has 2 aromatic carbocycles. The van der Waals surface area contributed by atoms with E-state index >= 15 is 0 Å². The number of rotatable bonds is 1. The lowest BCUT2D eigenvalue weighted by atomic mass is 9.80. The molecule has 0 aromatic heterocycles. The molecule has 0 N–H and O–H groups in total. The van der Waals surface area contributed by atoms with Crippen molar-refractivity contribution in [3.05, 3.63) is 58.7 Å². The first-order valence-corrected chi connectivity index (χ1v) is 9.29. The molecule has 0 saturated heterocycles. The number of benzene rings is 2. The molecule has 0 saturated carbocycles. The Balaban J connectivity index is 2.21. The third kappa shape index (κ3) is 2.81. The predicted molar refractivity (Wildman–Crippen MR) is 106 cm³/mol. The second-order valence-electron chi connectivity index (χ2n) is 9.83. The quantitative estimate of drug-likeness (QED) is 0.528. The van der Waals surface area contributed by atoms with Gasteiger partial charge in [-0.3, -0.25) is 0 Å². The molecule has 0 heterocycles. The second-order valence-corrected chi connectivity index (χ2v) is 9.83. The van der Waals surface area contributed by atoms with Gasteiger partial charge in [0.1, 0.15) is 0 Å². The van der Waals surface area contributed by atoms with Crippen molar-refractivity contribution in [1.82, 2.24) is 0 Å². The summed E-state index contributed by atoms with van der Waals surface area (Å²) in [4.78, 5) is 0. The van der Waals surface area contributed by atoms with Gasteiger partial charge in [0.15, 0.2) is 0 Å². The molecule has 128 valence electrons. The Morgan fingerprint density at radius 1 is 0.667 bits per heavy atom. The zero-order chi connectivity index (χ0) is 17.9. The van der Waals surface area contributed by atoms with Crippen molar-refractivity contribution in [2.45, 2.75) is 72.1 Å². The normalized spacial score (nSPS) is 14.9. The Hall–Kier alpha value is -1.56. The summed E-state index contributed by atoms with van der Waals surface area (Å²) < 4.78 is 0. The van der Waals surface area contributed by atoms with Crippen LogP contribution in [-0.4, -0.2) is 0 Å². The molecular weight excluding hydrogens is 288 g/mol. The van der Waals surface area contributed by atoms with E-state index in [1.54, 1.807) is 0 Å². The topological polar surface area (TPSA) is 0 Å². The molecule has 0 fully saturated rings. The minimum absolute atomic E-state index is 0.196. The molecule has 0 amide bonds. The molecular formula is C24H32. The first kappa shape index (κ1) is 17.3. The molecule has 2 aromatic rings. The summed E-state index contributed by atoms with van der Waals surface area (Å²) in [6.07, 6.45) is 0. The van der Waals surface area contributed by atoms with Crippen LogP contribution >= 0.6 is 0 Å². The highest BCUT2D eigenvalue weighted by molar-refractivity contribution is 5.80. The molecule has 0 bridgehead atoms. The van der Waals surface area contributed by atoms with Gasteiger partial charge in [-0.2, -0.15) is 0 Å². The summed E-state index contributed by atoms with van der Waals surface area (Å²) >= 11 is 0. The van der Waals surface area contributed by atoms with Gasteiger partial charge in [0, 0.05) is 5.92 Å². The fourth-order valence-electron chi connectivity index (χ4n) is 3.95. The van der Waals surface area contributed by atoms with Crippen molar-refractivity contribution in [3.63, 3.8) is 0 Å². The summed E-state index contributed by atoms with van der Waals surface area (Å²) in [5.74, 6) is 1.12. The highest BCUT2D eigenvalue weighted by atomic mass is 14.4. The maximum absolute atomic E-state index is 2.47. The van der Waals surface area contributed by atoms with Crippen LogP contribution in [0.2, 0.25) is 0 Å². The van der Waals surface area contributed by atoms with Crippen LogP contribution in [0.15, 0.2) is 36.4 Å². The Kier molecular flexibility index (Phi) is 3.94. The van der Waals surface area contributed by atoms with Crippen LogP contribution in [0.3, 0.4) is 0 Å². The van der Waals surface area contributed by atoms with Gasteiger partial charge in [-0.15, -0.1) is 0 Å². The number of hydrogen-bond acceptors (Lipinski definition) is 0. The van der Waals surface area contributed by atoms with Crippen LogP contribution in [0.25, 0.3) is 11.1 Å². The van der Waals surface area contributed by atoms with Crippen molar-refractivity contribution in [3.8, 4) is 11.1 Å². The Morgan fingerprint density at radius 2 is 1.04 bits per heavy atom. The van der Waals surface area contributed by atoms with Crippen molar-refractivity contribution in [2.24, 2.45) is 5.92 Å². The van der Waals surface area contributed by atoms with E-state index in [2.05, 4.69) is 91.8 Å². The summed E-state index contributed by atoms with van der Waals surface area (Å²) in [6.45, 7) is 18.5. The predicted octanol–water partition coefficient (Wildman–Crippen LogP) is 7.05. The van der Waals surface area contributed by atoms with Crippen LogP contribution < -0.4 is 0 Å². The lowest BCUT2D eigenvalue weighted by Gasteiger charge is -2.24. The Labute approximate surface area is 148 Å². The van der Waals surface area contributed by atoms with Gasteiger partial charge in [-0.1, -0.05) is 91.8 Å². The van der Waals surface area contributed by atoms with E-state index in [4.69, 9.17) is 0 Å². The van der Waals surface area contributed by atoms with Gasteiger partial charge >= 0.3 is 0 Å². The van der Waals surface area contributed by atoms with E-state index < -0.39 is 0 Å². The summed E-state index contributed by atoms with van der Waals surface area (Å²) in [5, 5.41) is 0. The molecule has 0 aliphatic heterocycles. The van der Waals surface area contributed by atoms with Gasteiger partial charge in [-0.05, 0) is 50.1 Å². The van der Waals surface area contributed by atoms with Crippen molar-refractivity contribution in [1.29, 1.82) is 0 Å². The second kappa shape index (κ2) is 5.48. The molecule has 0 heteroatoms. The monoisotopic (exact) mass is 320 g/mol. The van der Waals surface area contributed by atoms with Gasteiger partial charge in [0.05, 0.1) is 0 Å². The third-order valence-electron chi connectivity index (χ3n) is 5.46. The molecule has 0 nitrogen and oxygen atoms in total. The molecule has 0 spiro atoms. The van der Waals surface area contributed by atoms with Gasteiger partial charge in [-0.25, -0.2) is 0 Å². The number of fused-ring (bicyclic) bond motifs is 3. The molecule has 0 unspecified atom stereocenters. The first-order valence-electron chi connectivity index (χ1n) is 9.29. The van der Waals surface area contributed by atoms with Gasteiger partial charge in [0.2, 0.25) is 0 Å². The Bertz CT molecular complexity index is 700. The van der Waals surface area contributed by atoms with E-state index in [1.807, 2.05) is 0 Å². The average Bonchev–Trinajstić information content (AvgIpc) is 2.78. The van der Waals surface area contributed by atoms with Crippen LogP contribution in [0.1, 0.15) is 83.6 Å². The smallest absolute Gasteiger partial charge is 0.0125 e. The van der Waals surface area contributed by atoms with Crippen molar-refractivity contribution < 1.29 is 0 Å². The van der Waals surface area contributed by atoms with Crippen LogP contribution in [0.4, 0.5) is 0 Å². The minimum atomic E-state index is 0.196. The number of hydrogen-bond donors (Lipinski definition) is 0. The van der Waals surface area contributed by atoms with Crippen LogP contribution in [0, 0.1) is 5.92 Å². The zero-order valence-electron chi connectivity index (χ0n) is 16.6. The van der Waals surface area contributed by atoms with Crippen molar-refractivity contribution >= 4 is 0 Å². The lowest BCUT2D eigenvalue weighted by molar-refractivity contribution is 0.559. The molecule has 3 rings (SSSR count). The van der Waals surface area contributed by atoms with Crippen LogP contribution in [-0.2, 0) is 10.8 Å². The highest BCUT2D eigenvalue weighted by Crippen LogP contribution is 2.50. The SMILES string of the molecule is CC(C)C1c2cc(C(C)(C)C)ccc2-c2ccc(C(C)(C)C)cc21. The zero-order valence-corrected chi connectivity index (χ0v) is 16.6. The Morgan fingerprint density at radius 3 is 1.33 bits per heavy atom. The largest absolute Gasteiger partial charge is 0.0619 e. The van der Waals surface area contributed by atoms with E-state index in [9.17, 15) is 0 Å². The van der Waals surface area contributed by atoms with E-state index in [1.165, 1.54) is 33.4 Å². The van der Waals surface area contributed by atoms with E-state index in [0.29, 0.717) is 11.8 Å². The lowest BCUT2D eigenvalue weighted by Crippen LogP contribution is -2.13. The average molecular weight is 321 g/mol. The summed E-state index contributed by atoms with van der Waals surface area (Å²) in [5.41, 5.74) is 9.21. The van der Waals surface area contributed by atoms with E-state index in [0.717, 1.165) is 0 Å². The standard InChI is InChI=1S/C24H32/c1-15(2)22-20-13-16(23(3,4)5)9-11-18(20)19-12-10-17(14-21(19)22)24(6,7)8/h9-15,22H,1-8H3. The minimum Gasteiger partial charge on any atom is -0.0619 e. The maximum Gasteiger partial charge on any atom is 0.0125 e. The van der Waals surface area contributed by atoms with Crippen molar-refractivity contribution in [2.75, 3.05) is 0 Å². The summed E-state index contributed by atoms with van der Waals surface area (Å²) in [7, 11) is 0. The van der Waals surface area contributed by atoms with Crippen LogP contribution in [0.5, 0.6) is 0 Å². The summed E-state index contributed by atoms with van der Waals surface area (Å²) in [6, 6.07) is 14.3. The van der Waals surface area contributed by atoms with Gasteiger partial charge in [0.25, 0.3) is 0 Å². The fourth-order valence-corrected chi connectivity index (χ4v) is 3.95. The van der Waals surface area contributed by atoms with Gasteiger partial charge < -0.3 is 0 Å². The molecule has 1 aliphatic carbocycles. The molecule has 24 heavy (non-hydrogen) atoms. The third-order valence-corrected chi connectivity index (χ3v) is 5.46. The molecule has 1 aliphatic rings. The highest BCUT2D eigenvalue weighted by Gasteiger charge is 2.33. The maximum atomic E-state index is 2.47.